The van der Waals surface area contributed by atoms with Gasteiger partial charge in [-0.2, -0.15) is 13.2 Å². The molecule has 0 atom stereocenters. The van der Waals surface area contributed by atoms with Crippen LogP contribution in [0.25, 0.3) is 11.3 Å². The Kier molecular flexibility index (Phi) is 6.99. The fourth-order valence-corrected chi connectivity index (χ4v) is 1.70. The van der Waals surface area contributed by atoms with Gasteiger partial charge in [-0.1, -0.05) is 18.2 Å². The molecular formula is C13H13Cl2F3N2. The first kappa shape index (κ1) is 18.7. The Labute approximate surface area is 127 Å². The highest BCUT2D eigenvalue weighted by Gasteiger charge is 2.33. The molecule has 110 valence electrons. The Balaban J connectivity index is 0.00000180. The molecule has 2 N–H and O–H groups in total. The highest BCUT2D eigenvalue weighted by molar-refractivity contribution is 5.85. The predicted octanol–water partition coefficient (Wildman–Crippen LogP) is 4.07. The standard InChI is InChI=1S/C13H11F3N2.2ClH/c14-13(15,16)11-4-2-1-3-10(11)12-7-9(8-17)5-6-18-12;;/h1-7H,8,17H2;2*1H. The fourth-order valence-electron chi connectivity index (χ4n) is 1.70. The third-order valence-corrected chi connectivity index (χ3v) is 2.57. The van der Waals surface area contributed by atoms with E-state index in [1.807, 2.05) is 0 Å². The summed E-state index contributed by atoms with van der Waals surface area (Å²) in [6.45, 7) is 0.268. The number of pyridine rings is 1. The van der Waals surface area contributed by atoms with Crippen LogP contribution in [-0.2, 0) is 12.7 Å². The third kappa shape index (κ3) is 4.10. The van der Waals surface area contributed by atoms with Crippen molar-refractivity contribution in [2.24, 2.45) is 5.73 Å². The maximum Gasteiger partial charge on any atom is 0.417 e. The average molecular weight is 325 g/mol. The van der Waals surface area contributed by atoms with Gasteiger partial charge in [0.1, 0.15) is 0 Å². The first-order chi connectivity index (χ1) is 8.52. The van der Waals surface area contributed by atoms with E-state index in [1.54, 1.807) is 18.2 Å². The largest absolute Gasteiger partial charge is 0.417 e. The normalized spacial score (nSPS) is 10.4. The lowest BCUT2D eigenvalue weighted by molar-refractivity contribution is -0.137. The van der Waals surface area contributed by atoms with Gasteiger partial charge in [0.15, 0.2) is 0 Å². The van der Waals surface area contributed by atoms with Gasteiger partial charge < -0.3 is 5.73 Å². The van der Waals surface area contributed by atoms with Gasteiger partial charge in [-0.05, 0) is 23.8 Å². The van der Waals surface area contributed by atoms with E-state index in [2.05, 4.69) is 4.98 Å². The second-order valence-electron chi connectivity index (χ2n) is 3.80. The first-order valence-corrected chi connectivity index (χ1v) is 5.34. The number of rotatable bonds is 2. The first-order valence-electron chi connectivity index (χ1n) is 5.34. The number of hydrogen-bond acceptors (Lipinski definition) is 2. The lowest BCUT2D eigenvalue weighted by atomic mass is 10.0. The summed E-state index contributed by atoms with van der Waals surface area (Å²) in [5, 5.41) is 0. The summed E-state index contributed by atoms with van der Waals surface area (Å²) < 4.78 is 38.6. The van der Waals surface area contributed by atoms with Crippen molar-refractivity contribution in [3.05, 3.63) is 53.7 Å². The summed E-state index contributed by atoms with van der Waals surface area (Å²) >= 11 is 0. The summed E-state index contributed by atoms with van der Waals surface area (Å²) in [5.74, 6) is 0. The number of aromatic nitrogens is 1. The number of hydrogen-bond donors (Lipinski definition) is 1. The van der Waals surface area contributed by atoms with Crippen molar-refractivity contribution in [3.63, 3.8) is 0 Å². The highest BCUT2D eigenvalue weighted by atomic mass is 35.5. The van der Waals surface area contributed by atoms with Gasteiger partial charge in [-0.25, -0.2) is 0 Å². The molecule has 0 amide bonds. The summed E-state index contributed by atoms with van der Waals surface area (Å²) in [6.07, 6.45) is -2.93. The van der Waals surface area contributed by atoms with Crippen molar-refractivity contribution >= 4 is 24.8 Å². The predicted molar refractivity (Wildman–Crippen MR) is 77.1 cm³/mol. The molecule has 0 aliphatic heterocycles. The second kappa shape index (κ2) is 7.47. The Morgan fingerprint density at radius 3 is 2.30 bits per heavy atom. The molecule has 0 bridgehead atoms. The molecule has 7 heteroatoms. The lowest BCUT2D eigenvalue weighted by Gasteiger charge is -2.12. The number of benzene rings is 1. The molecule has 0 aliphatic carbocycles. The van der Waals surface area contributed by atoms with Crippen LogP contribution in [0.15, 0.2) is 42.6 Å². The molecule has 2 nitrogen and oxygen atoms in total. The minimum absolute atomic E-state index is 0. The van der Waals surface area contributed by atoms with Crippen LogP contribution in [0, 0.1) is 0 Å². The van der Waals surface area contributed by atoms with Gasteiger partial charge in [-0.3, -0.25) is 4.98 Å². The van der Waals surface area contributed by atoms with Crippen molar-refractivity contribution < 1.29 is 13.2 Å². The van der Waals surface area contributed by atoms with Crippen molar-refractivity contribution in [3.8, 4) is 11.3 Å². The van der Waals surface area contributed by atoms with Crippen molar-refractivity contribution in [2.75, 3.05) is 0 Å². The molecule has 0 unspecified atom stereocenters. The van der Waals surface area contributed by atoms with E-state index in [0.29, 0.717) is 0 Å². The van der Waals surface area contributed by atoms with Gasteiger partial charge in [-0.15, -0.1) is 24.8 Å². The second-order valence-corrected chi connectivity index (χ2v) is 3.80. The van der Waals surface area contributed by atoms with E-state index in [9.17, 15) is 13.2 Å². The molecule has 1 heterocycles. The molecule has 2 aromatic rings. The monoisotopic (exact) mass is 324 g/mol. The van der Waals surface area contributed by atoms with E-state index in [4.69, 9.17) is 5.73 Å². The highest BCUT2D eigenvalue weighted by Crippen LogP contribution is 2.36. The Morgan fingerprint density at radius 2 is 1.70 bits per heavy atom. The minimum Gasteiger partial charge on any atom is -0.326 e. The zero-order chi connectivity index (χ0) is 13.2. The van der Waals surface area contributed by atoms with Gasteiger partial charge in [0, 0.05) is 18.3 Å². The van der Waals surface area contributed by atoms with Crippen LogP contribution in [0.2, 0.25) is 0 Å². The summed E-state index contributed by atoms with van der Waals surface area (Å²) in [4.78, 5) is 3.98. The van der Waals surface area contributed by atoms with Gasteiger partial charge >= 0.3 is 6.18 Å². The Hall–Kier alpha value is -1.30. The summed E-state index contributed by atoms with van der Waals surface area (Å²) in [7, 11) is 0. The van der Waals surface area contributed by atoms with E-state index >= 15 is 0 Å². The van der Waals surface area contributed by atoms with Crippen LogP contribution in [0.1, 0.15) is 11.1 Å². The number of nitrogens with zero attached hydrogens (tertiary/aromatic N) is 1. The molecule has 2 rings (SSSR count). The van der Waals surface area contributed by atoms with Crippen LogP contribution in [0.3, 0.4) is 0 Å². The Bertz CT molecular complexity index is 559. The van der Waals surface area contributed by atoms with Gasteiger partial charge in [0.25, 0.3) is 0 Å². The van der Waals surface area contributed by atoms with E-state index < -0.39 is 11.7 Å². The van der Waals surface area contributed by atoms with E-state index in [1.165, 1.54) is 18.3 Å². The maximum atomic E-state index is 12.9. The average Bonchev–Trinajstić information content (AvgIpc) is 2.38. The molecule has 0 aliphatic rings. The molecule has 0 saturated carbocycles. The maximum absolute atomic E-state index is 12.9. The van der Waals surface area contributed by atoms with Crippen molar-refractivity contribution in [1.29, 1.82) is 0 Å². The zero-order valence-corrected chi connectivity index (χ0v) is 11.9. The molecule has 0 radical (unpaired) electrons. The SMILES string of the molecule is Cl.Cl.NCc1ccnc(-c2ccccc2C(F)(F)F)c1. The summed E-state index contributed by atoms with van der Waals surface area (Å²) in [5.41, 5.74) is 5.88. The quantitative estimate of drug-likeness (QED) is 0.904. The third-order valence-electron chi connectivity index (χ3n) is 2.57. The number of alkyl halides is 3. The van der Waals surface area contributed by atoms with Gasteiger partial charge in [0.2, 0.25) is 0 Å². The van der Waals surface area contributed by atoms with Crippen LogP contribution in [0.5, 0.6) is 0 Å². The number of halogens is 5. The van der Waals surface area contributed by atoms with E-state index in [0.717, 1.165) is 11.6 Å². The smallest absolute Gasteiger partial charge is 0.326 e. The van der Waals surface area contributed by atoms with E-state index in [-0.39, 0.29) is 42.6 Å². The molecule has 1 aromatic heterocycles. The van der Waals surface area contributed by atoms with Crippen LogP contribution >= 0.6 is 24.8 Å². The fraction of sp³-hybridized carbons (Fsp3) is 0.154. The number of nitrogens with two attached hydrogens (primary N) is 1. The van der Waals surface area contributed by atoms with Crippen LogP contribution in [0.4, 0.5) is 13.2 Å². The zero-order valence-electron chi connectivity index (χ0n) is 10.2. The summed E-state index contributed by atoms with van der Waals surface area (Å²) in [6, 6.07) is 8.63. The molecule has 0 spiro atoms. The van der Waals surface area contributed by atoms with Crippen molar-refractivity contribution in [1.82, 2.24) is 4.98 Å². The van der Waals surface area contributed by atoms with Gasteiger partial charge in [0.05, 0.1) is 11.3 Å². The minimum atomic E-state index is -4.39. The molecule has 1 aromatic carbocycles. The Morgan fingerprint density at radius 1 is 1.05 bits per heavy atom. The molecule has 0 fully saturated rings. The van der Waals surface area contributed by atoms with Crippen LogP contribution in [-0.4, -0.2) is 4.98 Å². The topological polar surface area (TPSA) is 38.9 Å². The van der Waals surface area contributed by atoms with Crippen molar-refractivity contribution in [2.45, 2.75) is 12.7 Å². The molecule has 20 heavy (non-hydrogen) atoms. The molecule has 0 saturated heterocycles. The van der Waals surface area contributed by atoms with Crippen LogP contribution < -0.4 is 5.73 Å². The molecular weight excluding hydrogens is 312 g/mol. The lowest BCUT2D eigenvalue weighted by Crippen LogP contribution is -2.07.